The molecule has 3 N–H and O–H groups in total. The number of nitrogens with one attached hydrogen (secondary N) is 1. The minimum absolute atomic E-state index is 0.272. The highest BCUT2D eigenvalue weighted by molar-refractivity contribution is 5.94. The summed E-state index contributed by atoms with van der Waals surface area (Å²) >= 11 is 0. The summed E-state index contributed by atoms with van der Waals surface area (Å²) in [7, 11) is 0. The molecule has 1 aromatic carbocycles. The van der Waals surface area contributed by atoms with Gasteiger partial charge in [-0.15, -0.1) is 0 Å². The average Bonchev–Trinajstić information content (AvgIpc) is 2.35. The first-order chi connectivity index (χ1) is 8.46. The molecule has 0 fully saturated rings. The Morgan fingerprint density at radius 1 is 1.33 bits per heavy atom. The van der Waals surface area contributed by atoms with Crippen LogP contribution in [0.25, 0.3) is 0 Å². The molecule has 0 spiro atoms. The van der Waals surface area contributed by atoms with Crippen LogP contribution in [0.1, 0.15) is 42.6 Å². The van der Waals surface area contributed by atoms with Crippen molar-refractivity contribution in [2.75, 3.05) is 6.54 Å². The summed E-state index contributed by atoms with van der Waals surface area (Å²) < 4.78 is 13.3. The number of hydrogen-bond acceptors (Lipinski definition) is 2. The average molecular weight is 252 g/mol. The van der Waals surface area contributed by atoms with Gasteiger partial charge in [0.05, 0.1) is 5.54 Å². The fourth-order valence-corrected chi connectivity index (χ4v) is 1.95. The van der Waals surface area contributed by atoms with Crippen LogP contribution in [0.3, 0.4) is 0 Å². The third-order valence-electron chi connectivity index (χ3n) is 3.43. The lowest BCUT2D eigenvalue weighted by molar-refractivity contribution is 0.0894. The fraction of sp³-hybridized carbons (Fsp3) is 0.500. The summed E-state index contributed by atoms with van der Waals surface area (Å²) in [5.74, 6) is -0.668. The van der Waals surface area contributed by atoms with Gasteiger partial charge in [0.15, 0.2) is 0 Å². The minimum atomic E-state index is -0.405. The quantitative estimate of drug-likeness (QED) is 0.845. The van der Waals surface area contributed by atoms with Crippen molar-refractivity contribution in [1.82, 2.24) is 5.32 Å². The summed E-state index contributed by atoms with van der Waals surface area (Å²) in [5, 5.41) is 2.92. The number of carbonyl (C=O) groups is 1. The number of hydrogen-bond donors (Lipinski definition) is 2. The summed E-state index contributed by atoms with van der Waals surface area (Å²) in [6.45, 7) is 6.09. The van der Waals surface area contributed by atoms with E-state index in [2.05, 4.69) is 5.32 Å². The summed E-state index contributed by atoms with van der Waals surface area (Å²) in [4.78, 5) is 12.1. The maximum Gasteiger partial charge on any atom is 0.251 e. The molecule has 0 radical (unpaired) electrons. The molecule has 18 heavy (non-hydrogen) atoms. The lowest BCUT2D eigenvalue weighted by Gasteiger charge is -2.31. The fourth-order valence-electron chi connectivity index (χ4n) is 1.95. The summed E-state index contributed by atoms with van der Waals surface area (Å²) in [6.07, 6.45) is 1.50. The Bertz CT molecular complexity index is 399. The first-order valence-electron chi connectivity index (χ1n) is 6.26. The van der Waals surface area contributed by atoms with E-state index in [1.54, 1.807) is 13.0 Å². The Hall–Kier alpha value is -1.42. The normalized spacial score (nSPS) is 11.4. The molecule has 0 aromatic heterocycles. The van der Waals surface area contributed by atoms with Crippen LogP contribution in [-0.2, 0) is 0 Å². The topological polar surface area (TPSA) is 55.1 Å². The van der Waals surface area contributed by atoms with Gasteiger partial charge in [-0.2, -0.15) is 0 Å². The molecular formula is C14H21FN2O. The zero-order valence-corrected chi connectivity index (χ0v) is 11.2. The second-order valence-electron chi connectivity index (χ2n) is 4.66. The molecule has 0 aliphatic rings. The third kappa shape index (κ3) is 3.29. The van der Waals surface area contributed by atoms with Crippen LogP contribution in [-0.4, -0.2) is 18.0 Å². The second-order valence-corrected chi connectivity index (χ2v) is 4.66. The van der Waals surface area contributed by atoms with E-state index < -0.39 is 11.4 Å². The van der Waals surface area contributed by atoms with E-state index in [9.17, 15) is 9.18 Å². The minimum Gasteiger partial charge on any atom is -0.345 e. The van der Waals surface area contributed by atoms with Crippen LogP contribution >= 0.6 is 0 Å². The van der Waals surface area contributed by atoms with E-state index in [-0.39, 0.29) is 5.91 Å². The smallest absolute Gasteiger partial charge is 0.251 e. The number of halogens is 1. The monoisotopic (exact) mass is 252 g/mol. The Kier molecular flexibility index (Phi) is 4.84. The molecule has 0 unspecified atom stereocenters. The molecule has 100 valence electrons. The molecule has 0 saturated carbocycles. The van der Waals surface area contributed by atoms with E-state index in [1.807, 2.05) is 13.8 Å². The standard InChI is InChI=1S/C14H21FN2O/c1-4-14(5-2,9-16)17-13(18)11-6-10(3)7-12(15)8-11/h6-8H,4-5,9,16H2,1-3H3,(H,17,18). The van der Waals surface area contributed by atoms with E-state index >= 15 is 0 Å². The van der Waals surface area contributed by atoms with Crippen molar-refractivity contribution >= 4 is 5.91 Å². The number of aryl methyl sites for hydroxylation is 1. The van der Waals surface area contributed by atoms with Gasteiger partial charge < -0.3 is 11.1 Å². The third-order valence-corrected chi connectivity index (χ3v) is 3.43. The molecule has 0 heterocycles. The van der Waals surface area contributed by atoms with Gasteiger partial charge in [-0.25, -0.2) is 4.39 Å². The first kappa shape index (κ1) is 14.6. The van der Waals surface area contributed by atoms with Crippen LogP contribution in [0.5, 0.6) is 0 Å². The number of nitrogens with two attached hydrogens (primary N) is 1. The van der Waals surface area contributed by atoms with Crippen LogP contribution in [0.4, 0.5) is 4.39 Å². The summed E-state index contributed by atoms with van der Waals surface area (Å²) in [5.41, 5.74) is 6.39. The molecule has 0 aliphatic carbocycles. The van der Waals surface area contributed by atoms with Crippen molar-refractivity contribution in [1.29, 1.82) is 0 Å². The van der Waals surface area contributed by atoms with E-state index in [4.69, 9.17) is 5.73 Å². The number of amides is 1. The van der Waals surface area contributed by atoms with Gasteiger partial charge in [0.25, 0.3) is 5.91 Å². The maximum absolute atomic E-state index is 13.3. The maximum atomic E-state index is 13.3. The zero-order chi connectivity index (χ0) is 13.8. The van der Waals surface area contributed by atoms with Crippen molar-refractivity contribution < 1.29 is 9.18 Å². The molecule has 3 nitrogen and oxygen atoms in total. The number of benzene rings is 1. The van der Waals surface area contributed by atoms with Crippen molar-refractivity contribution in [3.05, 3.63) is 35.1 Å². The van der Waals surface area contributed by atoms with Crippen LogP contribution in [0.2, 0.25) is 0 Å². The van der Waals surface area contributed by atoms with Gasteiger partial charge in [0.2, 0.25) is 0 Å². The van der Waals surface area contributed by atoms with Gasteiger partial charge in [0.1, 0.15) is 5.82 Å². The molecule has 1 aromatic rings. The number of rotatable bonds is 5. The Balaban J connectivity index is 2.94. The molecule has 1 amide bonds. The SMILES string of the molecule is CCC(CC)(CN)NC(=O)c1cc(C)cc(F)c1. The molecule has 0 bridgehead atoms. The van der Waals surface area contributed by atoms with Crippen LogP contribution in [0, 0.1) is 12.7 Å². The van der Waals surface area contributed by atoms with Crippen molar-refractivity contribution in [2.45, 2.75) is 39.2 Å². The largest absolute Gasteiger partial charge is 0.345 e. The lowest BCUT2D eigenvalue weighted by atomic mass is 9.92. The highest BCUT2D eigenvalue weighted by Crippen LogP contribution is 2.15. The molecule has 1 rings (SSSR count). The van der Waals surface area contributed by atoms with Crippen molar-refractivity contribution in [3.63, 3.8) is 0 Å². The van der Waals surface area contributed by atoms with E-state index in [1.165, 1.54) is 12.1 Å². The van der Waals surface area contributed by atoms with Crippen molar-refractivity contribution in [3.8, 4) is 0 Å². The highest BCUT2D eigenvalue weighted by Gasteiger charge is 2.26. The number of carbonyl (C=O) groups excluding carboxylic acids is 1. The van der Waals surface area contributed by atoms with Gasteiger partial charge in [-0.05, 0) is 43.5 Å². The summed E-state index contributed by atoms with van der Waals surface area (Å²) in [6, 6.07) is 4.31. The first-order valence-corrected chi connectivity index (χ1v) is 6.26. The Labute approximate surface area is 108 Å². The van der Waals surface area contributed by atoms with Gasteiger partial charge in [0, 0.05) is 12.1 Å². The molecule has 0 atom stereocenters. The lowest BCUT2D eigenvalue weighted by Crippen LogP contribution is -2.52. The van der Waals surface area contributed by atoms with Crippen LogP contribution in [0.15, 0.2) is 18.2 Å². The molecule has 0 aliphatic heterocycles. The van der Waals surface area contributed by atoms with Gasteiger partial charge in [-0.3, -0.25) is 4.79 Å². The Morgan fingerprint density at radius 3 is 2.39 bits per heavy atom. The Morgan fingerprint density at radius 2 is 1.94 bits per heavy atom. The molecule has 4 heteroatoms. The predicted molar refractivity (Wildman–Crippen MR) is 71.0 cm³/mol. The van der Waals surface area contributed by atoms with Crippen molar-refractivity contribution in [2.24, 2.45) is 5.73 Å². The zero-order valence-electron chi connectivity index (χ0n) is 11.2. The highest BCUT2D eigenvalue weighted by atomic mass is 19.1. The molecule has 0 saturated heterocycles. The van der Waals surface area contributed by atoms with E-state index in [0.717, 1.165) is 18.4 Å². The van der Waals surface area contributed by atoms with Gasteiger partial charge >= 0.3 is 0 Å². The van der Waals surface area contributed by atoms with E-state index in [0.29, 0.717) is 12.1 Å². The van der Waals surface area contributed by atoms with Gasteiger partial charge in [-0.1, -0.05) is 13.8 Å². The predicted octanol–water partition coefficient (Wildman–Crippen LogP) is 2.38. The van der Waals surface area contributed by atoms with Crippen LogP contribution < -0.4 is 11.1 Å². The second kappa shape index (κ2) is 5.96. The molecular weight excluding hydrogens is 231 g/mol.